The van der Waals surface area contributed by atoms with E-state index in [2.05, 4.69) is 0 Å². The maximum Gasteiger partial charge on any atom is 0.404 e. The highest BCUT2D eigenvalue weighted by atomic mass is 16.6. The van der Waals surface area contributed by atoms with Gasteiger partial charge in [-0.05, 0) is 32.1 Å². The average Bonchev–Trinajstić information content (AvgIpc) is 2.15. The van der Waals surface area contributed by atoms with E-state index in [4.69, 9.17) is 16.2 Å². The first-order valence-electron chi connectivity index (χ1n) is 4.40. The van der Waals surface area contributed by atoms with Gasteiger partial charge in [-0.3, -0.25) is 0 Å². The number of carbonyl (C=O) groups is 1. The summed E-state index contributed by atoms with van der Waals surface area (Å²) in [6.45, 7) is 0. The molecular weight excluding hydrogens is 156 g/mol. The van der Waals surface area contributed by atoms with Crippen LogP contribution in [0.25, 0.3) is 0 Å². The van der Waals surface area contributed by atoms with Crippen molar-refractivity contribution in [1.29, 1.82) is 0 Å². The van der Waals surface area contributed by atoms with Gasteiger partial charge in [0.25, 0.3) is 0 Å². The van der Waals surface area contributed by atoms with E-state index in [1.165, 1.54) is 0 Å². The summed E-state index contributed by atoms with van der Waals surface area (Å²) in [4.78, 5) is 10.4. The molecule has 0 heterocycles. The van der Waals surface area contributed by atoms with E-state index in [0.717, 1.165) is 32.1 Å². The highest BCUT2D eigenvalue weighted by Gasteiger charge is 2.18. The Hall–Kier alpha value is -0.770. The summed E-state index contributed by atoms with van der Waals surface area (Å²) in [5.74, 6) is 0. The van der Waals surface area contributed by atoms with E-state index >= 15 is 0 Å². The zero-order chi connectivity index (χ0) is 8.97. The van der Waals surface area contributed by atoms with Gasteiger partial charge >= 0.3 is 6.09 Å². The van der Waals surface area contributed by atoms with Crippen molar-refractivity contribution in [1.82, 2.24) is 0 Å². The van der Waals surface area contributed by atoms with E-state index in [9.17, 15) is 4.79 Å². The molecule has 1 fully saturated rings. The van der Waals surface area contributed by atoms with Gasteiger partial charge in [-0.1, -0.05) is 0 Å². The van der Waals surface area contributed by atoms with Gasteiger partial charge in [0.1, 0.15) is 6.10 Å². The Balaban J connectivity index is 2.30. The molecule has 0 radical (unpaired) electrons. The standard InChI is InChI=1S/C8H16N2O2/c9-6-2-1-3-7(5-4-6)12-8(10)11/h6-7H,1-5,9H2,(H2,10,11). The molecule has 0 aliphatic heterocycles. The van der Waals surface area contributed by atoms with Crippen molar-refractivity contribution >= 4 is 6.09 Å². The summed E-state index contributed by atoms with van der Waals surface area (Å²) in [6.07, 6.45) is 4.06. The Morgan fingerprint density at radius 2 is 2.00 bits per heavy atom. The van der Waals surface area contributed by atoms with Crippen LogP contribution in [0.5, 0.6) is 0 Å². The minimum Gasteiger partial charge on any atom is -0.446 e. The zero-order valence-electron chi connectivity index (χ0n) is 7.16. The summed E-state index contributed by atoms with van der Waals surface area (Å²) < 4.78 is 4.90. The summed E-state index contributed by atoms with van der Waals surface area (Å²) in [7, 11) is 0. The van der Waals surface area contributed by atoms with Crippen molar-refractivity contribution in [3.05, 3.63) is 0 Å². The lowest BCUT2D eigenvalue weighted by Gasteiger charge is -2.12. The van der Waals surface area contributed by atoms with E-state index in [1.807, 2.05) is 0 Å². The lowest BCUT2D eigenvalue weighted by atomic mass is 10.1. The molecule has 1 saturated carbocycles. The first kappa shape index (κ1) is 9.32. The van der Waals surface area contributed by atoms with Crippen molar-refractivity contribution in [2.75, 3.05) is 0 Å². The van der Waals surface area contributed by atoms with Gasteiger partial charge in [-0.25, -0.2) is 4.79 Å². The number of nitrogens with two attached hydrogens (primary N) is 2. The van der Waals surface area contributed by atoms with Crippen LogP contribution >= 0.6 is 0 Å². The fourth-order valence-electron chi connectivity index (χ4n) is 1.58. The quantitative estimate of drug-likeness (QED) is 0.572. The Morgan fingerprint density at radius 1 is 1.25 bits per heavy atom. The van der Waals surface area contributed by atoms with Gasteiger partial charge in [-0.2, -0.15) is 0 Å². The SMILES string of the molecule is NC(=O)OC1CCCC(N)CC1. The third-order valence-corrected chi connectivity index (χ3v) is 2.24. The summed E-state index contributed by atoms with van der Waals surface area (Å²) in [5.41, 5.74) is 10.7. The molecule has 2 unspecified atom stereocenters. The number of hydrogen-bond acceptors (Lipinski definition) is 3. The Morgan fingerprint density at radius 3 is 2.67 bits per heavy atom. The highest BCUT2D eigenvalue weighted by molar-refractivity contribution is 5.64. The molecular formula is C8H16N2O2. The second-order valence-electron chi connectivity index (χ2n) is 3.33. The highest BCUT2D eigenvalue weighted by Crippen LogP contribution is 2.19. The largest absolute Gasteiger partial charge is 0.446 e. The van der Waals surface area contributed by atoms with Crippen LogP contribution in [0.15, 0.2) is 0 Å². The van der Waals surface area contributed by atoms with Crippen LogP contribution in [-0.2, 0) is 4.74 Å². The lowest BCUT2D eigenvalue weighted by molar-refractivity contribution is 0.0970. The summed E-state index contributed by atoms with van der Waals surface area (Å²) >= 11 is 0. The molecule has 0 saturated heterocycles. The van der Waals surface area contributed by atoms with E-state index in [1.54, 1.807) is 0 Å². The third kappa shape index (κ3) is 3.09. The van der Waals surface area contributed by atoms with Gasteiger partial charge in [0.2, 0.25) is 0 Å². The van der Waals surface area contributed by atoms with Crippen LogP contribution in [0.1, 0.15) is 32.1 Å². The Labute approximate surface area is 72.2 Å². The molecule has 70 valence electrons. The zero-order valence-corrected chi connectivity index (χ0v) is 7.16. The fourth-order valence-corrected chi connectivity index (χ4v) is 1.58. The van der Waals surface area contributed by atoms with Crippen molar-refractivity contribution < 1.29 is 9.53 Å². The van der Waals surface area contributed by atoms with E-state index < -0.39 is 6.09 Å². The number of ether oxygens (including phenoxy) is 1. The molecule has 1 aliphatic rings. The van der Waals surface area contributed by atoms with Crippen molar-refractivity contribution in [3.8, 4) is 0 Å². The van der Waals surface area contributed by atoms with Gasteiger partial charge in [0.15, 0.2) is 0 Å². The van der Waals surface area contributed by atoms with Gasteiger partial charge in [-0.15, -0.1) is 0 Å². The number of amides is 1. The molecule has 4 nitrogen and oxygen atoms in total. The predicted molar refractivity (Wildman–Crippen MR) is 45.5 cm³/mol. The molecule has 0 aromatic rings. The second-order valence-corrected chi connectivity index (χ2v) is 3.33. The van der Waals surface area contributed by atoms with Gasteiger partial charge in [0, 0.05) is 6.04 Å². The monoisotopic (exact) mass is 172 g/mol. The van der Waals surface area contributed by atoms with Crippen LogP contribution in [0.4, 0.5) is 4.79 Å². The predicted octanol–water partition coefficient (Wildman–Crippen LogP) is 0.742. The molecule has 0 spiro atoms. The molecule has 0 aromatic carbocycles. The molecule has 1 amide bonds. The smallest absolute Gasteiger partial charge is 0.404 e. The van der Waals surface area contributed by atoms with Crippen molar-refractivity contribution in [3.63, 3.8) is 0 Å². The summed E-state index contributed by atoms with van der Waals surface area (Å²) in [5, 5.41) is 0. The normalized spacial score (nSPS) is 30.8. The molecule has 0 aromatic heterocycles. The Kier molecular flexibility index (Phi) is 3.34. The van der Waals surface area contributed by atoms with Crippen LogP contribution < -0.4 is 11.5 Å². The maximum atomic E-state index is 10.4. The Bertz CT molecular complexity index is 161. The van der Waals surface area contributed by atoms with Gasteiger partial charge < -0.3 is 16.2 Å². The molecule has 2 atom stereocenters. The molecule has 4 N–H and O–H groups in total. The number of carbonyl (C=O) groups excluding carboxylic acids is 1. The van der Waals surface area contributed by atoms with E-state index in [-0.39, 0.29) is 12.1 Å². The topological polar surface area (TPSA) is 78.3 Å². The molecule has 4 heteroatoms. The second kappa shape index (κ2) is 4.30. The number of hydrogen-bond donors (Lipinski definition) is 2. The van der Waals surface area contributed by atoms with Crippen LogP contribution in [0, 0.1) is 0 Å². The maximum absolute atomic E-state index is 10.4. The van der Waals surface area contributed by atoms with E-state index in [0.29, 0.717) is 0 Å². The van der Waals surface area contributed by atoms with Crippen LogP contribution in [0.2, 0.25) is 0 Å². The first-order valence-corrected chi connectivity index (χ1v) is 4.40. The molecule has 1 rings (SSSR count). The summed E-state index contributed by atoms with van der Waals surface area (Å²) in [6, 6.07) is 0.270. The lowest BCUT2D eigenvalue weighted by Crippen LogP contribution is -2.23. The molecule has 1 aliphatic carbocycles. The minimum absolute atomic E-state index is 0.00366. The molecule has 12 heavy (non-hydrogen) atoms. The average molecular weight is 172 g/mol. The number of primary amides is 1. The van der Waals surface area contributed by atoms with Gasteiger partial charge in [0.05, 0.1) is 0 Å². The molecule has 0 bridgehead atoms. The minimum atomic E-state index is -0.671. The number of rotatable bonds is 1. The third-order valence-electron chi connectivity index (χ3n) is 2.24. The van der Waals surface area contributed by atoms with Crippen molar-refractivity contribution in [2.24, 2.45) is 11.5 Å². The van der Waals surface area contributed by atoms with Crippen molar-refractivity contribution in [2.45, 2.75) is 44.2 Å². The van der Waals surface area contributed by atoms with Crippen LogP contribution in [0.3, 0.4) is 0 Å². The first-order chi connectivity index (χ1) is 5.68. The fraction of sp³-hybridized carbons (Fsp3) is 0.875. The van der Waals surface area contributed by atoms with Crippen LogP contribution in [-0.4, -0.2) is 18.2 Å².